The van der Waals surface area contributed by atoms with Crippen molar-refractivity contribution >= 4 is 10.4 Å². The van der Waals surface area contributed by atoms with Gasteiger partial charge in [-0.25, -0.2) is 9.13 Å². The summed E-state index contributed by atoms with van der Waals surface area (Å²) in [6.07, 6.45) is 6.80. The van der Waals surface area contributed by atoms with E-state index in [1.54, 1.807) is 0 Å². The maximum Gasteiger partial charge on any atom is 0.243 e. The van der Waals surface area contributed by atoms with Gasteiger partial charge in [0.25, 0.3) is 0 Å². The Labute approximate surface area is 88.2 Å². The minimum atomic E-state index is -5.17. The molecule has 0 spiro atoms. The first-order chi connectivity index (χ1) is 6.83. The van der Waals surface area contributed by atoms with Gasteiger partial charge < -0.3 is 14.2 Å². The van der Waals surface area contributed by atoms with Crippen LogP contribution in [0.4, 0.5) is 0 Å². The molecule has 88 valence electrons. The molecular formula is C7H13N2O5S-. The zero-order valence-electron chi connectivity index (χ0n) is 8.24. The molecule has 1 aromatic heterocycles. The average Bonchev–Trinajstić information content (AvgIpc) is 2.45. The molecule has 0 fully saturated rings. The van der Waals surface area contributed by atoms with Crippen molar-refractivity contribution in [3.63, 3.8) is 0 Å². The molecule has 0 amide bonds. The van der Waals surface area contributed by atoms with Crippen molar-refractivity contribution in [2.45, 2.75) is 13.0 Å². The van der Waals surface area contributed by atoms with Crippen LogP contribution in [0.3, 0.4) is 0 Å². The van der Waals surface area contributed by atoms with E-state index in [2.05, 4.69) is 4.57 Å². The molecule has 15 heavy (non-hydrogen) atoms. The largest absolute Gasteiger partial charge is 0.759 e. The smallest absolute Gasteiger partial charge is 0.243 e. The molecule has 1 N–H and O–H groups in total. The Bertz CT molecular complexity index is 364. The zero-order chi connectivity index (χ0) is 11.9. The summed E-state index contributed by atoms with van der Waals surface area (Å²) in [6, 6.07) is 0. The van der Waals surface area contributed by atoms with Crippen LogP contribution in [-0.4, -0.2) is 33.8 Å². The first-order valence-electron chi connectivity index (χ1n) is 4.11. The van der Waals surface area contributed by atoms with Gasteiger partial charge in [-0.1, -0.05) is 0 Å². The van der Waals surface area contributed by atoms with Crippen LogP contribution in [0.1, 0.15) is 6.42 Å². The first-order valence-corrected chi connectivity index (χ1v) is 5.45. The summed E-state index contributed by atoms with van der Waals surface area (Å²) in [7, 11) is -3.19. The fraction of sp³-hybridized carbons (Fsp3) is 0.571. The van der Waals surface area contributed by atoms with Gasteiger partial charge in [0.1, 0.15) is 12.4 Å². The molecule has 0 bridgehead atoms. The molecule has 0 aromatic carbocycles. The monoisotopic (exact) mass is 237 g/mol. The fourth-order valence-corrected chi connectivity index (χ4v) is 0.887. The van der Waals surface area contributed by atoms with Crippen molar-refractivity contribution in [2.75, 3.05) is 6.61 Å². The summed E-state index contributed by atoms with van der Waals surface area (Å²) < 4.78 is 38.1. The third-order valence-corrected chi connectivity index (χ3v) is 1.40. The highest BCUT2D eigenvalue weighted by Gasteiger charge is 1.96. The molecule has 0 radical (unpaired) electrons. The fourth-order valence-electron chi connectivity index (χ4n) is 0.887. The Kier molecular flexibility index (Phi) is 6.09. The van der Waals surface area contributed by atoms with Gasteiger partial charge in [0.2, 0.25) is 6.33 Å². The van der Waals surface area contributed by atoms with Crippen molar-refractivity contribution in [3.05, 3.63) is 18.7 Å². The Hall–Kier alpha value is -0.960. The molecule has 1 aromatic rings. The van der Waals surface area contributed by atoms with Gasteiger partial charge >= 0.3 is 0 Å². The lowest BCUT2D eigenvalue weighted by atomic mass is 10.4. The van der Waals surface area contributed by atoms with Gasteiger partial charge in [0.15, 0.2) is 0 Å². The lowest BCUT2D eigenvalue weighted by Crippen LogP contribution is -2.23. The molecule has 0 saturated carbocycles. The summed E-state index contributed by atoms with van der Waals surface area (Å²) in [5, 5.41) is 8.51. The third kappa shape index (κ3) is 11.0. The second-order valence-corrected chi connectivity index (χ2v) is 3.62. The normalized spacial score (nSPS) is 10.7. The molecule has 0 aliphatic rings. The van der Waals surface area contributed by atoms with E-state index in [0.29, 0.717) is 0 Å². The second kappa shape index (κ2) is 6.51. The summed E-state index contributed by atoms with van der Waals surface area (Å²) in [6.45, 7) is 1.17. The second-order valence-electron chi connectivity index (χ2n) is 2.80. The summed E-state index contributed by atoms with van der Waals surface area (Å²) >= 11 is 0. The molecule has 8 heteroatoms. The highest BCUT2D eigenvalue weighted by Crippen LogP contribution is 1.86. The van der Waals surface area contributed by atoms with Crippen molar-refractivity contribution in [1.29, 1.82) is 0 Å². The number of hydrogen-bond donors (Lipinski definition) is 1. The van der Waals surface area contributed by atoms with Crippen LogP contribution < -0.4 is 4.57 Å². The van der Waals surface area contributed by atoms with Crippen LogP contribution in [0.5, 0.6) is 0 Å². The van der Waals surface area contributed by atoms with Crippen LogP contribution in [0.15, 0.2) is 18.7 Å². The quantitative estimate of drug-likeness (QED) is 0.385. The number of nitrogens with zero attached hydrogens (tertiary/aromatic N) is 2. The van der Waals surface area contributed by atoms with E-state index in [-0.39, 0.29) is 6.61 Å². The number of rotatable bonds is 3. The Morgan fingerprint density at radius 2 is 2.00 bits per heavy atom. The SMILES string of the molecule is C[n+]1ccn(CCCO)c1.O=S(=O)([O-])[O-]. The molecule has 1 rings (SSSR count). The summed E-state index contributed by atoms with van der Waals surface area (Å²) in [5.74, 6) is 0. The van der Waals surface area contributed by atoms with Crippen LogP contribution in [0, 0.1) is 0 Å². The Morgan fingerprint density at radius 1 is 1.47 bits per heavy atom. The maximum atomic E-state index is 8.52. The molecule has 0 aliphatic heterocycles. The number of aryl methyl sites for hydroxylation is 2. The molecular weight excluding hydrogens is 224 g/mol. The minimum absolute atomic E-state index is 0.266. The van der Waals surface area contributed by atoms with Crippen molar-refractivity contribution in [3.8, 4) is 0 Å². The zero-order valence-corrected chi connectivity index (χ0v) is 9.05. The lowest BCUT2D eigenvalue weighted by Gasteiger charge is -2.06. The molecule has 0 unspecified atom stereocenters. The highest BCUT2D eigenvalue weighted by molar-refractivity contribution is 7.79. The van der Waals surface area contributed by atoms with E-state index in [4.69, 9.17) is 22.6 Å². The van der Waals surface area contributed by atoms with Crippen molar-refractivity contribution in [2.24, 2.45) is 7.05 Å². The van der Waals surface area contributed by atoms with Gasteiger partial charge in [-0.2, -0.15) is 0 Å². The third-order valence-electron chi connectivity index (χ3n) is 1.40. The van der Waals surface area contributed by atoms with Crippen molar-refractivity contribution in [1.82, 2.24) is 4.57 Å². The maximum absolute atomic E-state index is 8.52. The topological polar surface area (TPSA) is 109 Å². The standard InChI is InChI=1S/C7H13N2O.H2O4S/c1-8-4-5-9(7-8)3-2-6-10;1-5(2,3)4/h4-5,7,10H,2-3,6H2,1H3;(H2,1,2,3,4)/q+1;/p-2. The average molecular weight is 237 g/mol. The predicted molar refractivity (Wildman–Crippen MR) is 47.8 cm³/mol. The van der Waals surface area contributed by atoms with Crippen LogP contribution >= 0.6 is 0 Å². The van der Waals surface area contributed by atoms with Crippen molar-refractivity contribution < 1.29 is 27.2 Å². The predicted octanol–water partition coefficient (Wildman–Crippen LogP) is -1.64. The van der Waals surface area contributed by atoms with E-state index < -0.39 is 10.4 Å². The van der Waals surface area contributed by atoms with Gasteiger partial charge in [-0.3, -0.25) is 8.42 Å². The highest BCUT2D eigenvalue weighted by atomic mass is 32.3. The minimum Gasteiger partial charge on any atom is -0.759 e. The van der Waals surface area contributed by atoms with Gasteiger partial charge in [0.05, 0.1) is 13.6 Å². The molecule has 0 saturated heterocycles. The summed E-state index contributed by atoms with van der Waals surface area (Å²) in [4.78, 5) is 0. The van der Waals surface area contributed by atoms with Crippen LogP contribution in [-0.2, 0) is 24.0 Å². The van der Waals surface area contributed by atoms with E-state index in [9.17, 15) is 0 Å². The molecule has 1 heterocycles. The Morgan fingerprint density at radius 3 is 2.33 bits per heavy atom. The number of aliphatic hydroxyl groups is 1. The van der Waals surface area contributed by atoms with E-state index in [0.717, 1.165) is 13.0 Å². The number of aliphatic hydroxyl groups excluding tert-OH is 1. The van der Waals surface area contributed by atoms with Crippen LogP contribution in [0.25, 0.3) is 0 Å². The molecule has 0 atom stereocenters. The van der Waals surface area contributed by atoms with Gasteiger partial charge in [-0.05, 0) is 0 Å². The number of aromatic nitrogens is 2. The van der Waals surface area contributed by atoms with Gasteiger partial charge in [0, 0.05) is 23.4 Å². The lowest BCUT2D eigenvalue weighted by molar-refractivity contribution is -0.671. The first kappa shape index (κ1) is 14.0. The Balaban J connectivity index is 0.000000336. The molecule has 7 nitrogen and oxygen atoms in total. The van der Waals surface area contributed by atoms with E-state index in [1.807, 2.05) is 30.3 Å². The summed E-state index contributed by atoms with van der Waals surface area (Å²) in [5.41, 5.74) is 0. The van der Waals surface area contributed by atoms with E-state index >= 15 is 0 Å². The number of imidazole rings is 1. The molecule has 0 aliphatic carbocycles. The van der Waals surface area contributed by atoms with E-state index in [1.165, 1.54) is 0 Å². The van der Waals surface area contributed by atoms with Crippen LogP contribution in [0.2, 0.25) is 0 Å². The number of hydrogen-bond acceptors (Lipinski definition) is 5. The van der Waals surface area contributed by atoms with Gasteiger partial charge in [-0.15, -0.1) is 0 Å².